The molecule has 0 aliphatic carbocycles. The van der Waals surface area contributed by atoms with Gasteiger partial charge in [-0.2, -0.15) is 0 Å². The van der Waals surface area contributed by atoms with Gasteiger partial charge in [0.15, 0.2) is 0 Å². The zero-order chi connectivity index (χ0) is 12.8. The molecule has 0 aliphatic heterocycles. The molecule has 90 valence electrons. The van der Waals surface area contributed by atoms with Crippen molar-refractivity contribution in [1.82, 2.24) is 0 Å². The van der Waals surface area contributed by atoms with Crippen LogP contribution in [0.25, 0.3) is 0 Å². The number of carboxylic acid groups (broad SMARTS) is 1. The molecule has 0 saturated heterocycles. The normalized spacial score (nSPS) is 9.47. The molecular weight excluding hydrogens is 337 g/mol. The third-order valence-corrected chi connectivity index (χ3v) is 2.45. The summed E-state index contributed by atoms with van der Waals surface area (Å²) in [6.45, 7) is 3.47. The summed E-state index contributed by atoms with van der Waals surface area (Å²) in [5.74, 6) is -1.11. The molecule has 1 rings (SSSR count). The number of hydrogen-bond acceptors (Lipinski definition) is 3. The molecule has 0 fully saturated rings. The predicted molar refractivity (Wildman–Crippen MR) is 71.3 cm³/mol. The van der Waals surface area contributed by atoms with Crippen LogP contribution in [0, 0.1) is 3.57 Å². The molecule has 0 aliphatic rings. The van der Waals surface area contributed by atoms with Gasteiger partial charge in [-0.3, -0.25) is 5.32 Å². The maximum atomic E-state index is 11.3. The summed E-state index contributed by atoms with van der Waals surface area (Å²) in [5, 5.41) is 11.3. The molecule has 0 heterocycles. The zero-order valence-corrected chi connectivity index (χ0v) is 10.9. The number of ether oxygens (including phenoxy) is 1. The van der Waals surface area contributed by atoms with Crippen molar-refractivity contribution in [2.45, 2.75) is 0 Å². The van der Waals surface area contributed by atoms with Crippen LogP contribution in [0.1, 0.15) is 10.4 Å². The molecule has 5 nitrogen and oxygen atoms in total. The van der Waals surface area contributed by atoms with Gasteiger partial charge in [0.1, 0.15) is 6.61 Å². The lowest BCUT2D eigenvalue weighted by molar-refractivity contribution is 0.0698. The number of aromatic carboxylic acids is 1. The molecule has 0 unspecified atom stereocenters. The maximum absolute atomic E-state index is 11.3. The van der Waals surface area contributed by atoms with Gasteiger partial charge in [-0.15, -0.1) is 0 Å². The molecule has 17 heavy (non-hydrogen) atoms. The molecule has 1 aromatic rings. The number of hydrogen-bond donors (Lipinski definition) is 2. The molecule has 0 aromatic heterocycles. The Hall–Kier alpha value is -1.57. The van der Waals surface area contributed by atoms with E-state index < -0.39 is 12.1 Å². The van der Waals surface area contributed by atoms with Gasteiger partial charge >= 0.3 is 12.1 Å². The van der Waals surface area contributed by atoms with Gasteiger partial charge in [0.2, 0.25) is 0 Å². The highest BCUT2D eigenvalue weighted by molar-refractivity contribution is 14.1. The first kappa shape index (κ1) is 13.5. The fourth-order valence-electron chi connectivity index (χ4n) is 1.09. The second kappa shape index (κ2) is 6.24. The third kappa shape index (κ3) is 4.06. The van der Waals surface area contributed by atoms with E-state index in [0.29, 0.717) is 0 Å². The Morgan fingerprint density at radius 3 is 2.82 bits per heavy atom. The highest BCUT2D eigenvalue weighted by Crippen LogP contribution is 2.19. The van der Waals surface area contributed by atoms with Crippen LogP contribution in [-0.4, -0.2) is 23.8 Å². The smallest absolute Gasteiger partial charge is 0.411 e. The van der Waals surface area contributed by atoms with Crippen LogP contribution in [0.2, 0.25) is 0 Å². The van der Waals surface area contributed by atoms with Gasteiger partial charge in [-0.1, -0.05) is 12.7 Å². The van der Waals surface area contributed by atoms with E-state index >= 15 is 0 Å². The van der Waals surface area contributed by atoms with E-state index in [9.17, 15) is 9.59 Å². The van der Waals surface area contributed by atoms with Crippen molar-refractivity contribution in [2.24, 2.45) is 0 Å². The Morgan fingerprint density at radius 1 is 1.53 bits per heavy atom. The molecule has 0 radical (unpaired) electrons. The largest absolute Gasteiger partial charge is 0.478 e. The van der Waals surface area contributed by atoms with Gasteiger partial charge in [-0.05, 0) is 40.8 Å². The van der Waals surface area contributed by atoms with Gasteiger partial charge < -0.3 is 9.84 Å². The van der Waals surface area contributed by atoms with E-state index in [1.165, 1.54) is 12.1 Å². The Morgan fingerprint density at radius 2 is 2.24 bits per heavy atom. The van der Waals surface area contributed by atoms with Gasteiger partial charge in [0.25, 0.3) is 0 Å². The number of anilines is 1. The Bertz CT molecular complexity index is 459. The molecule has 2 N–H and O–H groups in total. The highest BCUT2D eigenvalue weighted by Gasteiger charge is 2.13. The van der Waals surface area contributed by atoms with Crippen LogP contribution in [0.3, 0.4) is 0 Å². The minimum absolute atomic E-state index is 0.0148. The number of carbonyl (C=O) groups is 2. The monoisotopic (exact) mass is 347 g/mol. The van der Waals surface area contributed by atoms with E-state index in [-0.39, 0.29) is 17.9 Å². The van der Waals surface area contributed by atoms with Crippen LogP contribution in [0.15, 0.2) is 30.9 Å². The Balaban J connectivity index is 2.88. The van der Waals surface area contributed by atoms with E-state index in [1.807, 2.05) is 22.6 Å². The van der Waals surface area contributed by atoms with Crippen molar-refractivity contribution in [1.29, 1.82) is 0 Å². The molecular formula is C11H10INO4. The molecule has 0 saturated carbocycles. The molecule has 6 heteroatoms. The first-order valence-corrected chi connectivity index (χ1v) is 5.70. The fraction of sp³-hybridized carbons (Fsp3) is 0.0909. The maximum Gasteiger partial charge on any atom is 0.411 e. The summed E-state index contributed by atoms with van der Waals surface area (Å²) in [6, 6.07) is 4.62. The number of nitrogens with one attached hydrogen (secondary N) is 1. The summed E-state index contributed by atoms with van der Waals surface area (Å²) >= 11 is 2.02. The van der Waals surface area contributed by atoms with Crippen molar-refractivity contribution in [3.63, 3.8) is 0 Å². The number of carboxylic acids is 1. The van der Waals surface area contributed by atoms with Crippen molar-refractivity contribution < 1.29 is 19.4 Å². The van der Waals surface area contributed by atoms with Gasteiger partial charge in [0, 0.05) is 3.57 Å². The van der Waals surface area contributed by atoms with Crippen molar-refractivity contribution in [3.8, 4) is 0 Å². The number of amides is 1. The van der Waals surface area contributed by atoms with Crippen molar-refractivity contribution in [3.05, 3.63) is 40.0 Å². The van der Waals surface area contributed by atoms with E-state index in [1.54, 1.807) is 12.1 Å². The fourth-order valence-corrected chi connectivity index (χ4v) is 1.58. The van der Waals surface area contributed by atoms with Gasteiger partial charge in [0.05, 0.1) is 11.3 Å². The predicted octanol–water partition coefficient (Wildman–Crippen LogP) is 2.72. The number of benzene rings is 1. The van der Waals surface area contributed by atoms with Crippen molar-refractivity contribution >= 4 is 40.3 Å². The minimum Gasteiger partial charge on any atom is -0.478 e. The second-order valence-corrected chi connectivity index (χ2v) is 4.25. The van der Waals surface area contributed by atoms with E-state index in [2.05, 4.69) is 11.9 Å². The summed E-state index contributed by atoms with van der Waals surface area (Å²) in [7, 11) is 0. The summed E-state index contributed by atoms with van der Waals surface area (Å²) in [6.07, 6.45) is 0.710. The summed E-state index contributed by atoms with van der Waals surface area (Å²) in [5.41, 5.74) is 0.222. The third-order valence-electron chi connectivity index (χ3n) is 1.78. The van der Waals surface area contributed by atoms with Crippen LogP contribution < -0.4 is 5.32 Å². The van der Waals surface area contributed by atoms with E-state index in [0.717, 1.165) is 3.57 Å². The molecule has 0 spiro atoms. The first-order chi connectivity index (χ1) is 8.04. The first-order valence-electron chi connectivity index (χ1n) is 4.62. The Kier molecular flexibility index (Phi) is 4.95. The van der Waals surface area contributed by atoms with Crippen LogP contribution in [0.4, 0.5) is 10.5 Å². The lowest BCUT2D eigenvalue weighted by atomic mass is 10.2. The van der Waals surface area contributed by atoms with Crippen LogP contribution in [-0.2, 0) is 4.74 Å². The highest BCUT2D eigenvalue weighted by atomic mass is 127. The van der Waals surface area contributed by atoms with Crippen molar-refractivity contribution in [2.75, 3.05) is 11.9 Å². The number of carbonyl (C=O) groups excluding carboxylic acids is 1. The quantitative estimate of drug-likeness (QED) is 0.649. The SMILES string of the molecule is C=CCOC(=O)Nc1cc(I)ccc1C(=O)O. The topological polar surface area (TPSA) is 75.6 Å². The van der Waals surface area contributed by atoms with Crippen LogP contribution >= 0.6 is 22.6 Å². The Labute approximate surface area is 112 Å². The zero-order valence-electron chi connectivity index (χ0n) is 8.77. The van der Waals surface area contributed by atoms with Gasteiger partial charge in [-0.25, -0.2) is 9.59 Å². The van der Waals surface area contributed by atoms with Crippen LogP contribution in [0.5, 0.6) is 0 Å². The number of rotatable bonds is 4. The molecule has 0 bridgehead atoms. The average Bonchev–Trinajstić information content (AvgIpc) is 2.26. The molecule has 1 aromatic carbocycles. The molecule has 1 amide bonds. The average molecular weight is 347 g/mol. The number of halogens is 1. The second-order valence-electron chi connectivity index (χ2n) is 3.01. The lowest BCUT2D eigenvalue weighted by Crippen LogP contribution is -2.16. The lowest BCUT2D eigenvalue weighted by Gasteiger charge is -2.08. The minimum atomic E-state index is -1.11. The summed E-state index contributed by atoms with van der Waals surface area (Å²) < 4.78 is 5.52. The van der Waals surface area contributed by atoms with E-state index in [4.69, 9.17) is 9.84 Å². The molecule has 0 atom stereocenters. The summed E-state index contributed by atoms with van der Waals surface area (Å²) in [4.78, 5) is 22.2. The standard InChI is InChI=1S/C11H10INO4/c1-2-5-17-11(16)13-9-6-7(12)3-4-8(9)10(14)15/h2-4,6H,1,5H2,(H,13,16)(H,14,15).